The van der Waals surface area contributed by atoms with Crippen LogP contribution in [0.4, 0.5) is 0 Å². The Labute approximate surface area is 151 Å². The molecule has 26 heavy (non-hydrogen) atoms. The lowest BCUT2D eigenvalue weighted by Gasteiger charge is -1.94. The van der Waals surface area contributed by atoms with E-state index < -0.39 is 11.9 Å². The van der Waals surface area contributed by atoms with Gasteiger partial charge in [-0.15, -0.1) is 0 Å². The van der Waals surface area contributed by atoms with Crippen LogP contribution in [-0.2, 0) is 22.4 Å². The molecule has 2 aromatic heterocycles. The summed E-state index contributed by atoms with van der Waals surface area (Å²) >= 11 is 0. The van der Waals surface area contributed by atoms with Crippen LogP contribution in [0.5, 0.6) is 0 Å². The third-order valence-corrected chi connectivity index (χ3v) is 2.74. The van der Waals surface area contributed by atoms with Gasteiger partial charge in [-0.05, 0) is 24.3 Å². The molecule has 8 heteroatoms. The summed E-state index contributed by atoms with van der Waals surface area (Å²) in [6.07, 6.45) is 4.65. The van der Waals surface area contributed by atoms with Crippen LogP contribution in [0.1, 0.15) is 24.2 Å². The van der Waals surface area contributed by atoms with Gasteiger partial charge in [0.1, 0.15) is 0 Å². The zero-order valence-corrected chi connectivity index (χ0v) is 14.4. The summed E-state index contributed by atoms with van der Waals surface area (Å²) < 4.78 is 0. The number of aliphatic hydroxyl groups excluding tert-OH is 2. The first-order valence-corrected chi connectivity index (χ1v) is 7.94. The number of carboxylic acid groups (broad SMARTS) is 2. The lowest BCUT2D eigenvalue weighted by molar-refractivity contribution is -0.138. The van der Waals surface area contributed by atoms with Crippen LogP contribution in [0, 0.1) is 0 Å². The summed E-state index contributed by atoms with van der Waals surface area (Å²) in [6, 6.07) is 11.0. The Hall–Kier alpha value is -2.84. The fraction of sp³-hybridized carbons (Fsp3) is 0.333. The Morgan fingerprint density at radius 3 is 1.35 bits per heavy atom. The molecular weight excluding hydrogens is 340 g/mol. The van der Waals surface area contributed by atoms with E-state index in [0.29, 0.717) is 12.8 Å². The van der Waals surface area contributed by atoms with E-state index in [1.165, 1.54) is 0 Å². The monoisotopic (exact) mass is 364 g/mol. The minimum absolute atomic E-state index is 0.125. The Morgan fingerprint density at radius 2 is 1.12 bits per heavy atom. The van der Waals surface area contributed by atoms with Crippen molar-refractivity contribution < 1.29 is 30.0 Å². The maximum Gasteiger partial charge on any atom is 0.303 e. The van der Waals surface area contributed by atoms with Crippen molar-refractivity contribution in [2.45, 2.75) is 25.7 Å². The second-order valence-corrected chi connectivity index (χ2v) is 4.88. The molecule has 142 valence electrons. The van der Waals surface area contributed by atoms with Crippen LogP contribution in [0.3, 0.4) is 0 Å². The van der Waals surface area contributed by atoms with Crippen LogP contribution in [0.15, 0.2) is 48.8 Å². The molecule has 0 atom stereocenters. The minimum atomic E-state index is -0.782. The molecule has 0 aliphatic heterocycles. The lowest BCUT2D eigenvalue weighted by atomic mass is 10.2. The first-order valence-electron chi connectivity index (χ1n) is 7.94. The van der Waals surface area contributed by atoms with E-state index >= 15 is 0 Å². The Balaban J connectivity index is 0.000000401. The predicted molar refractivity (Wildman–Crippen MR) is 94.6 cm³/mol. The fourth-order valence-corrected chi connectivity index (χ4v) is 1.56. The number of aryl methyl sites for hydroxylation is 2. The molecule has 8 nitrogen and oxygen atoms in total. The molecule has 0 spiro atoms. The molecule has 0 aliphatic rings. The molecule has 2 heterocycles. The van der Waals surface area contributed by atoms with Gasteiger partial charge < -0.3 is 20.4 Å². The maximum atomic E-state index is 10.1. The largest absolute Gasteiger partial charge is 0.481 e. The summed E-state index contributed by atoms with van der Waals surface area (Å²) in [6.45, 7) is -0.250. The standard InChI is InChI=1S/2C8H9NO2.C2H6O2/c2*10-8(11)5-4-7-3-1-2-6-9-7;3-1-2-4/h2*1-3,6H,4-5H2,(H,10,11);3-4H,1-2H2. The summed E-state index contributed by atoms with van der Waals surface area (Å²) in [5, 5.41) is 31.9. The second kappa shape index (κ2) is 15.7. The van der Waals surface area contributed by atoms with E-state index in [-0.39, 0.29) is 26.1 Å². The summed E-state index contributed by atoms with van der Waals surface area (Å²) in [5.41, 5.74) is 1.66. The highest BCUT2D eigenvalue weighted by Gasteiger charge is 1.98. The van der Waals surface area contributed by atoms with Crippen molar-refractivity contribution in [3.05, 3.63) is 60.2 Å². The van der Waals surface area contributed by atoms with E-state index in [2.05, 4.69) is 9.97 Å². The van der Waals surface area contributed by atoms with Gasteiger partial charge >= 0.3 is 11.9 Å². The van der Waals surface area contributed by atoms with Crippen LogP contribution < -0.4 is 0 Å². The molecule has 0 saturated heterocycles. The zero-order chi connectivity index (χ0) is 19.6. The highest BCUT2D eigenvalue weighted by molar-refractivity contribution is 5.67. The van der Waals surface area contributed by atoms with Gasteiger partial charge in [-0.3, -0.25) is 19.6 Å². The molecule has 0 aliphatic carbocycles. The summed E-state index contributed by atoms with van der Waals surface area (Å²) in [7, 11) is 0. The fourth-order valence-electron chi connectivity index (χ4n) is 1.56. The van der Waals surface area contributed by atoms with E-state index in [1.807, 2.05) is 36.4 Å². The number of hydrogen-bond donors (Lipinski definition) is 4. The minimum Gasteiger partial charge on any atom is -0.481 e. The van der Waals surface area contributed by atoms with Gasteiger partial charge in [0.25, 0.3) is 0 Å². The van der Waals surface area contributed by atoms with Crippen molar-refractivity contribution in [3.8, 4) is 0 Å². The second-order valence-electron chi connectivity index (χ2n) is 4.88. The van der Waals surface area contributed by atoms with Gasteiger partial charge in [-0.25, -0.2) is 0 Å². The zero-order valence-electron chi connectivity index (χ0n) is 14.4. The molecule has 0 unspecified atom stereocenters. The van der Waals surface area contributed by atoms with Gasteiger partial charge in [-0.2, -0.15) is 0 Å². The van der Waals surface area contributed by atoms with E-state index in [9.17, 15) is 9.59 Å². The van der Waals surface area contributed by atoms with Crippen LogP contribution >= 0.6 is 0 Å². The van der Waals surface area contributed by atoms with E-state index in [1.54, 1.807) is 12.4 Å². The van der Waals surface area contributed by atoms with Crippen molar-refractivity contribution in [2.24, 2.45) is 0 Å². The molecule has 0 fully saturated rings. The van der Waals surface area contributed by atoms with E-state index in [0.717, 1.165) is 11.4 Å². The van der Waals surface area contributed by atoms with Gasteiger partial charge in [-0.1, -0.05) is 12.1 Å². The molecule has 2 rings (SSSR count). The van der Waals surface area contributed by atoms with Crippen LogP contribution in [0.25, 0.3) is 0 Å². The number of rotatable bonds is 7. The Morgan fingerprint density at radius 1 is 0.731 bits per heavy atom. The molecule has 2 aromatic rings. The van der Waals surface area contributed by atoms with E-state index in [4.69, 9.17) is 20.4 Å². The number of aliphatic carboxylic acids is 2. The topological polar surface area (TPSA) is 141 Å². The van der Waals surface area contributed by atoms with Crippen molar-refractivity contribution in [1.29, 1.82) is 0 Å². The number of nitrogens with zero attached hydrogens (tertiary/aromatic N) is 2. The van der Waals surface area contributed by atoms with Gasteiger partial charge in [0.15, 0.2) is 0 Å². The predicted octanol–water partition coefficient (Wildman–Crippen LogP) is 1.17. The van der Waals surface area contributed by atoms with Gasteiger partial charge in [0, 0.05) is 36.6 Å². The van der Waals surface area contributed by atoms with Crippen molar-refractivity contribution in [2.75, 3.05) is 13.2 Å². The van der Waals surface area contributed by atoms with Crippen LogP contribution in [-0.4, -0.2) is 55.5 Å². The third-order valence-electron chi connectivity index (χ3n) is 2.74. The Bertz CT molecular complexity index is 552. The number of carbonyl (C=O) groups is 2. The summed E-state index contributed by atoms with van der Waals surface area (Å²) in [4.78, 5) is 28.3. The van der Waals surface area contributed by atoms with Crippen molar-refractivity contribution in [3.63, 3.8) is 0 Å². The smallest absolute Gasteiger partial charge is 0.303 e. The van der Waals surface area contributed by atoms with Crippen LogP contribution in [0.2, 0.25) is 0 Å². The average molecular weight is 364 g/mol. The molecule has 0 bridgehead atoms. The third kappa shape index (κ3) is 14.7. The normalized spacial score (nSPS) is 9.15. The highest BCUT2D eigenvalue weighted by atomic mass is 16.4. The molecule has 4 N–H and O–H groups in total. The quantitative estimate of drug-likeness (QED) is 0.574. The number of hydrogen-bond acceptors (Lipinski definition) is 6. The van der Waals surface area contributed by atoms with Crippen molar-refractivity contribution >= 4 is 11.9 Å². The first-order chi connectivity index (χ1) is 12.5. The number of aromatic nitrogens is 2. The molecule has 0 saturated carbocycles. The lowest BCUT2D eigenvalue weighted by Crippen LogP contribution is -1.98. The average Bonchev–Trinajstić information content (AvgIpc) is 2.67. The number of aliphatic hydroxyl groups is 2. The molecule has 0 radical (unpaired) electrons. The Kier molecular flexibility index (Phi) is 14.0. The molecular formula is C18H24N2O6. The van der Waals surface area contributed by atoms with Crippen molar-refractivity contribution in [1.82, 2.24) is 9.97 Å². The van der Waals surface area contributed by atoms with Gasteiger partial charge in [0.2, 0.25) is 0 Å². The SMILES string of the molecule is O=C(O)CCc1ccccn1.O=C(O)CCc1ccccn1.OCCO. The highest BCUT2D eigenvalue weighted by Crippen LogP contribution is 1.98. The maximum absolute atomic E-state index is 10.1. The molecule has 0 aromatic carbocycles. The number of pyridine rings is 2. The summed E-state index contributed by atoms with van der Waals surface area (Å²) in [5.74, 6) is -1.56. The number of carboxylic acids is 2. The molecule has 0 amide bonds. The first kappa shape index (κ1) is 23.2. The van der Waals surface area contributed by atoms with Gasteiger partial charge in [0.05, 0.1) is 26.1 Å².